The second-order valence-electron chi connectivity index (χ2n) is 9.22. The molecular formula is C30H39BrN4O4. The Hall–Kier alpha value is -3.30. The Morgan fingerprint density at radius 1 is 0.974 bits per heavy atom. The van der Waals surface area contributed by atoms with Gasteiger partial charge in [-0.1, -0.05) is 41.4 Å². The van der Waals surface area contributed by atoms with E-state index in [1.807, 2.05) is 42.3 Å². The standard InChI is InChI=1S/C30H39BrN4O4/c1-4-6-17-34(22-27-8-7-18-33(27)21-24-9-11-25(31)12-10-24)29(36)23-35(19-20-38-3)30(37)32-26-13-15-28(16-14-26)39-5-2/h7-16,18H,4-6,17,19-23H2,1-3H3,(H,32,37). The van der Waals surface area contributed by atoms with Crippen molar-refractivity contribution in [1.29, 1.82) is 0 Å². The number of nitrogens with one attached hydrogen (secondary N) is 1. The number of ether oxygens (including phenoxy) is 2. The molecule has 0 bridgehead atoms. The highest BCUT2D eigenvalue weighted by Gasteiger charge is 2.22. The maximum atomic E-state index is 13.6. The Labute approximate surface area is 240 Å². The van der Waals surface area contributed by atoms with Crippen molar-refractivity contribution in [3.63, 3.8) is 0 Å². The molecule has 0 fully saturated rings. The molecule has 0 radical (unpaired) electrons. The van der Waals surface area contributed by atoms with Crippen molar-refractivity contribution in [3.8, 4) is 5.75 Å². The fourth-order valence-electron chi connectivity index (χ4n) is 4.09. The van der Waals surface area contributed by atoms with E-state index in [9.17, 15) is 9.59 Å². The molecule has 0 atom stereocenters. The first-order chi connectivity index (χ1) is 18.9. The third-order valence-electron chi connectivity index (χ3n) is 6.27. The quantitative estimate of drug-likeness (QED) is 0.232. The number of carbonyl (C=O) groups excluding carboxylic acids is 2. The lowest BCUT2D eigenvalue weighted by Crippen LogP contribution is -2.46. The van der Waals surface area contributed by atoms with Crippen molar-refractivity contribution in [1.82, 2.24) is 14.4 Å². The number of carbonyl (C=O) groups is 2. The van der Waals surface area contributed by atoms with Crippen molar-refractivity contribution in [3.05, 3.63) is 82.6 Å². The van der Waals surface area contributed by atoms with E-state index in [0.717, 1.165) is 35.3 Å². The average Bonchev–Trinajstić information content (AvgIpc) is 3.37. The van der Waals surface area contributed by atoms with Crippen molar-refractivity contribution < 1.29 is 19.1 Å². The fourth-order valence-corrected chi connectivity index (χ4v) is 4.36. The molecule has 0 aliphatic rings. The lowest BCUT2D eigenvalue weighted by molar-refractivity contribution is -0.132. The molecule has 0 aliphatic carbocycles. The first-order valence-corrected chi connectivity index (χ1v) is 14.2. The van der Waals surface area contributed by atoms with Gasteiger partial charge in [0.1, 0.15) is 12.3 Å². The molecule has 0 saturated heterocycles. The van der Waals surface area contributed by atoms with Gasteiger partial charge in [0.2, 0.25) is 5.91 Å². The molecule has 1 aromatic heterocycles. The minimum absolute atomic E-state index is 0.0383. The number of halogens is 1. The first kappa shape index (κ1) is 30.2. The summed E-state index contributed by atoms with van der Waals surface area (Å²) in [7, 11) is 1.58. The van der Waals surface area contributed by atoms with Crippen molar-refractivity contribution in [2.45, 2.75) is 39.8 Å². The number of amides is 3. The van der Waals surface area contributed by atoms with Gasteiger partial charge in [-0.3, -0.25) is 4.79 Å². The minimum Gasteiger partial charge on any atom is -0.494 e. The molecule has 3 aromatic rings. The summed E-state index contributed by atoms with van der Waals surface area (Å²) < 4.78 is 13.9. The Bertz CT molecular complexity index is 1160. The molecular weight excluding hydrogens is 560 g/mol. The highest BCUT2D eigenvalue weighted by molar-refractivity contribution is 9.10. The Morgan fingerprint density at radius 2 is 1.72 bits per heavy atom. The molecule has 3 amide bonds. The van der Waals surface area contributed by atoms with Gasteiger partial charge in [-0.25, -0.2) is 4.79 Å². The van der Waals surface area contributed by atoms with Crippen LogP contribution in [0.25, 0.3) is 0 Å². The van der Waals surface area contributed by atoms with Gasteiger partial charge in [-0.05, 0) is 67.4 Å². The molecule has 0 spiro atoms. The number of hydrogen-bond acceptors (Lipinski definition) is 4. The molecule has 0 saturated carbocycles. The van der Waals surface area contributed by atoms with Crippen LogP contribution in [-0.2, 0) is 22.6 Å². The number of urea groups is 1. The average molecular weight is 600 g/mol. The largest absolute Gasteiger partial charge is 0.494 e. The van der Waals surface area contributed by atoms with E-state index >= 15 is 0 Å². The predicted octanol–water partition coefficient (Wildman–Crippen LogP) is 6.01. The molecule has 1 N–H and O–H groups in total. The van der Waals surface area contributed by atoms with Crippen LogP contribution in [-0.4, -0.2) is 66.3 Å². The van der Waals surface area contributed by atoms with Crippen LogP contribution in [0.1, 0.15) is 37.9 Å². The van der Waals surface area contributed by atoms with Gasteiger partial charge < -0.3 is 29.2 Å². The van der Waals surface area contributed by atoms with E-state index in [4.69, 9.17) is 9.47 Å². The maximum absolute atomic E-state index is 13.6. The number of hydrogen-bond donors (Lipinski definition) is 1. The van der Waals surface area contributed by atoms with Crippen molar-refractivity contribution >= 4 is 33.6 Å². The van der Waals surface area contributed by atoms with Gasteiger partial charge in [-0.15, -0.1) is 0 Å². The zero-order valence-electron chi connectivity index (χ0n) is 23.1. The SMILES string of the molecule is CCCCN(Cc1cccn1Cc1ccc(Br)cc1)C(=O)CN(CCOC)C(=O)Nc1ccc(OCC)cc1. The van der Waals surface area contributed by atoms with Gasteiger partial charge in [0.05, 0.1) is 19.8 Å². The number of benzene rings is 2. The van der Waals surface area contributed by atoms with Crippen molar-refractivity contribution in [2.24, 2.45) is 0 Å². The summed E-state index contributed by atoms with van der Waals surface area (Å²) in [5.41, 5.74) is 2.86. The van der Waals surface area contributed by atoms with Crippen LogP contribution in [0.3, 0.4) is 0 Å². The number of aromatic nitrogens is 1. The molecule has 2 aromatic carbocycles. The molecule has 3 rings (SSSR count). The molecule has 9 heteroatoms. The smallest absolute Gasteiger partial charge is 0.322 e. The summed E-state index contributed by atoms with van der Waals surface area (Å²) in [4.78, 5) is 30.1. The third-order valence-corrected chi connectivity index (χ3v) is 6.80. The Balaban J connectivity index is 1.70. The minimum atomic E-state index is -0.349. The van der Waals surface area contributed by atoms with Crippen LogP contribution in [0, 0.1) is 0 Å². The Kier molecular flexibility index (Phi) is 12.4. The highest BCUT2D eigenvalue weighted by atomic mass is 79.9. The summed E-state index contributed by atoms with van der Waals surface area (Å²) in [5, 5.41) is 2.89. The normalized spacial score (nSPS) is 10.8. The number of unbranched alkanes of at least 4 members (excludes halogenated alkanes) is 1. The van der Waals surface area contributed by atoms with E-state index in [2.05, 4.69) is 44.9 Å². The molecule has 8 nitrogen and oxygen atoms in total. The molecule has 1 heterocycles. The van der Waals surface area contributed by atoms with Crippen LogP contribution in [0.15, 0.2) is 71.3 Å². The van der Waals surface area contributed by atoms with Gasteiger partial charge >= 0.3 is 6.03 Å². The first-order valence-electron chi connectivity index (χ1n) is 13.4. The fraction of sp³-hybridized carbons (Fsp3) is 0.400. The second-order valence-corrected chi connectivity index (χ2v) is 10.1. The number of rotatable bonds is 15. The van der Waals surface area contributed by atoms with Crippen LogP contribution < -0.4 is 10.1 Å². The van der Waals surface area contributed by atoms with Gasteiger partial charge in [-0.2, -0.15) is 0 Å². The monoisotopic (exact) mass is 598 g/mol. The lowest BCUT2D eigenvalue weighted by Gasteiger charge is -2.28. The molecule has 0 aliphatic heterocycles. The molecule has 0 unspecified atom stereocenters. The molecule has 210 valence electrons. The van der Waals surface area contributed by atoms with Gasteiger partial charge in [0, 0.05) is 48.8 Å². The Morgan fingerprint density at radius 3 is 2.38 bits per heavy atom. The van der Waals surface area contributed by atoms with Crippen LogP contribution in [0.5, 0.6) is 5.75 Å². The van der Waals surface area contributed by atoms with E-state index < -0.39 is 0 Å². The third kappa shape index (κ3) is 9.75. The second kappa shape index (κ2) is 16.0. The van der Waals surface area contributed by atoms with Gasteiger partial charge in [0.15, 0.2) is 0 Å². The van der Waals surface area contributed by atoms with E-state index in [1.165, 1.54) is 10.5 Å². The summed E-state index contributed by atoms with van der Waals surface area (Å²) in [6, 6.07) is 19.1. The lowest BCUT2D eigenvalue weighted by atomic mass is 10.2. The van der Waals surface area contributed by atoms with Crippen LogP contribution in [0.4, 0.5) is 10.5 Å². The van der Waals surface area contributed by atoms with E-state index in [-0.39, 0.29) is 18.5 Å². The highest BCUT2D eigenvalue weighted by Crippen LogP contribution is 2.17. The van der Waals surface area contributed by atoms with Crippen LogP contribution >= 0.6 is 15.9 Å². The predicted molar refractivity (Wildman–Crippen MR) is 158 cm³/mol. The topological polar surface area (TPSA) is 76.0 Å². The number of anilines is 1. The van der Waals surface area contributed by atoms with E-state index in [0.29, 0.717) is 38.5 Å². The summed E-state index contributed by atoms with van der Waals surface area (Å²) in [5.74, 6) is 0.635. The maximum Gasteiger partial charge on any atom is 0.322 e. The van der Waals surface area contributed by atoms with E-state index in [1.54, 1.807) is 31.4 Å². The summed E-state index contributed by atoms with van der Waals surface area (Å²) >= 11 is 3.49. The molecule has 39 heavy (non-hydrogen) atoms. The number of nitrogens with zero attached hydrogens (tertiary/aromatic N) is 3. The van der Waals surface area contributed by atoms with Crippen LogP contribution in [0.2, 0.25) is 0 Å². The zero-order valence-corrected chi connectivity index (χ0v) is 24.7. The van der Waals surface area contributed by atoms with Gasteiger partial charge in [0.25, 0.3) is 0 Å². The summed E-state index contributed by atoms with van der Waals surface area (Å²) in [6.45, 7) is 7.00. The summed E-state index contributed by atoms with van der Waals surface area (Å²) in [6.07, 6.45) is 3.89. The van der Waals surface area contributed by atoms with Crippen molar-refractivity contribution in [2.75, 3.05) is 45.3 Å². The number of methoxy groups -OCH3 is 1. The zero-order chi connectivity index (χ0) is 28.0.